The third kappa shape index (κ3) is 6.00. The summed E-state index contributed by atoms with van der Waals surface area (Å²) < 4.78 is 5.16. The first kappa shape index (κ1) is 12.5. The number of rotatable bonds is 4. The van der Waals surface area contributed by atoms with Crippen LogP contribution in [-0.4, -0.2) is 18.9 Å². The molecule has 0 saturated carbocycles. The molecule has 0 amide bonds. The van der Waals surface area contributed by atoms with Crippen LogP contribution in [0.1, 0.15) is 26.7 Å². The monoisotopic (exact) mass is 134 g/mol. The molecule has 0 rings (SSSR count). The van der Waals surface area contributed by atoms with E-state index in [1.165, 1.54) is 0 Å². The molecule has 0 aromatic heterocycles. The van der Waals surface area contributed by atoms with E-state index < -0.39 is 0 Å². The van der Waals surface area contributed by atoms with E-state index in [9.17, 15) is 0 Å². The average Bonchev–Trinajstić information content (AvgIpc) is 1.87. The van der Waals surface area contributed by atoms with Crippen molar-refractivity contribution in [3.63, 3.8) is 0 Å². The van der Waals surface area contributed by atoms with Crippen LogP contribution in [0.15, 0.2) is 24.7 Å². The van der Waals surface area contributed by atoms with Gasteiger partial charge in [0.2, 0.25) is 0 Å². The molecule has 0 saturated heterocycles. The second kappa shape index (κ2) is 6.99. The summed E-state index contributed by atoms with van der Waals surface area (Å²) in [5.41, 5.74) is 0. The number of hydrogen-bond acceptors (Lipinski definition) is 1. The molecule has 0 aliphatic rings. The van der Waals surface area contributed by atoms with Gasteiger partial charge in [0.05, 0.1) is 11.5 Å². The fourth-order valence-electron chi connectivity index (χ4n) is 0.348. The Morgan fingerprint density at radius 3 is 1.60 bits per heavy atom. The molecule has 1 nitrogen and oxygen atoms in total. The fraction of sp³-hybridized carbons (Fsp3) is 0.500. The summed E-state index contributed by atoms with van der Waals surface area (Å²) in [4.78, 5) is 0. The van der Waals surface area contributed by atoms with E-state index in [4.69, 9.17) is 4.74 Å². The molecule has 0 N–H and O–H groups in total. The molecule has 0 aliphatic carbocycles. The second-order valence-corrected chi connectivity index (χ2v) is 1.89. The van der Waals surface area contributed by atoms with Crippen molar-refractivity contribution in [3.05, 3.63) is 24.7 Å². The minimum absolute atomic E-state index is 0. The maximum atomic E-state index is 5.16. The van der Waals surface area contributed by atoms with Crippen LogP contribution in [0.2, 0.25) is 0 Å². The number of allylic oxidation sites excluding steroid dienone is 2. The van der Waals surface area contributed by atoms with Gasteiger partial charge in [0, 0.05) is 12.8 Å². The third-order valence-corrected chi connectivity index (χ3v) is 1.08. The van der Waals surface area contributed by atoms with Gasteiger partial charge in [-0.15, -0.1) is 0 Å². The summed E-state index contributed by atoms with van der Waals surface area (Å²) >= 11 is 0. The minimum atomic E-state index is 0. The van der Waals surface area contributed by atoms with Crippen LogP contribution in [0.4, 0.5) is 0 Å². The Morgan fingerprint density at radius 1 is 1.10 bits per heavy atom. The summed E-state index contributed by atoms with van der Waals surface area (Å²) in [5.74, 6) is 1.59. The molecule has 0 unspecified atom stereocenters. The first-order valence-electron chi connectivity index (χ1n) is 3.24. The Kier molecular flexibility index (Phi) is 8.77. The fourth-order valence-corrected chi connectivity index (χ4v) is 0.348. The van der Waals surface area contributed by atoms with Crippen LogP contribution in [0.25, 0.3) is 0 Å². The van der Waals surface area contributed by atoms with Gasteiger partial charge in [-0.25, -0.2) is 0 Å². The zero-order valence-corrected chi connectivity index (χ0v) is 6.24. The van der Waals surface area contributed by atoms with Gasteiger partial charge in [-0.1, -0.05) is 27.0 Å². The summed E-state index contributed by atoms with van der Waals surface area (Å²) in [6, 6.07) is 0. The summed E-state index contributed by atoms with van der Waals surface area (Å²) in [6.45, 7) is 11.4. The number of ether oxygens (including phenoxy) is 1. The molecule has 0 heterocycles. The van der Waals surface area contributed by atoms with Crippen LogP contribution >= 0.6 is 0 Å². The van der Waals surface area contributed by atoms with Crippen LogP contribution < -0.4 is 0 Å². The zero-order valence-electron chi connectivity index (χ0n) is 6.24. The Hall–Kier alpha value is -0.123. The predicted octanol–water partition coefficient (Wildman–Crippen LogP) is 2.20. The number of hydrogen-bond donors (Lipinski definition) is 0. The molecule has 54 valence electrons. The van der Waals surface area contributed by atoms with Crippen LogP contribution in [0.5, 0.6) is 0 Å². The average molecular weight is 134 g/mol. The normalized spacial score (nSPS) is 7.80. The first-order valence-corrected chi connectivity index (χ1v) is 3.24. The summed E-state index contributed by atoms with van der Waals surface area (Å²) in [5, 5.41) is 0. The van der Waals surface area contributed by atoms with E-state index >= 15 is 0 Å². The van der Waals surface area contributed by atoms with Crippen LogP contribution in [-0.2, 0) is 4.74 Å². The summed E-state index contributed by atoms with van der Waals surface area (Å²) in [6.07, 6.45) is 1.72. The van der Waals surface area contributed by atoms with Crippen LogP contribution in [0, 0.1) is 0 Å². The van der Waals surface area contributed by atoms with Crippen molar-refractivity contribution in [1.82, 2.24) is 0 Å². The molecule has 0 aliphatic heterocycles. The molecule has 10 heavy (non-hydrogen) atoms. The third-order valence-electron chi connectivity index (χ3n) is 1.08. The molecular weight excluding hydrogens is 119 g/mol. The molecule has 0 aromatic carbocycles. The Bertz CT molecular complexity index is 104. The second-order valence-electron chi connectivity index (χ2n) is 1.89. The van der Waals surface area contributed by atoms with Crippen molar-refractivity contribution in [1.29, 1.82) is 0 Å². The van der Waals surface area contributed by atoms with E-state index in [2.05, 4.69) is 13.2 Å². The molecule has 0 aromatic rings. The molecule has 0 spiro atoms. The molecular formula is C8H15LiO. The van der Waals surface area contributed by atoms with Crippen molar-refractivity contribution in [3.8, 4) is 0 Å². The standard InChI is InChI=1S/C8H14O.Li.H/c1-5-7(3)9-8(4)6-2;;/h3-6H2,1-2H3;;. The molecule has 0 bridgehead atoms. The van der Waals surface area contributed by atoms with Gasteiger partial charge >= 0.3 is 18.9 Å². The van der Waals surface area contributed by atoms with Crippen molar-refractivity contribution in [2.45, 2.75) is 26.7 Å². The van der Waals surface area contributed by atoms with Crippen molar-refractivity contribution >= 4 is 18.9 Å². The van der Waals surface area contributed by atoms with E-state index in [0.29, 0.717) is 0 Å². The molecule has 2 heteroatoms. The van der Waals surface area contributed by atoms with E-state index in [0.717, 1.165) is 24.4 Å². The quantitative estimate of drug-likeness (QED) is 0.423. The maximum absolute atomic E-state index is 5.16. The molecule has 0 fully saturated rings. The van der Waals surface area contributed by atoms with Gasteiger partial charge < -0.3 is 4.74 Å². The Morgan fingerprint density at radius 2 is 1.40 bits per heavy atom. The Balaban J connectivity index is 0. The van der Waals surface area contributed by atoms with E-state index in [1.807, 2.05) is 13.8 Å². The first-order chi connectivity index (χ1) is 4.20. The van der Waals surface area contributed by atoms with Crippen LogP contribution in [0.3, 0.4) is 0 Å². The summed E-state index contributed by atoms with van der Waals surface area (Å²) in [7, 11) is 0. The van der Waals surface area contributed by atoms with Crippen molar-refractivity contribution in [2.24, 2.45) is 0 Å². The van der Waals surface area contributed by atoms with Gasteiger partial charge in [-0.2, -0.15) is 0 Å². The predicted molar refractivity (Wildman–Crippen MR) is 47.1 cm³/mol. The van der Waals surface area contributed by atoms with Gasteiger partial charge in [-0.3, -0.25) is 0 Å². The topological polar surface area (TPSA) is 9.23 Å². The van der Waals surface area contributed by atoms with Crippen molar-refractivity contribution < 1.29 is 4.74 Å². The van der Waals surface area contributed by atoms with Gasteiger partial charge in [0.25, 0.3) is 0 Å². The van der Waals surface area contributed by atoms with Crippen molar-refractivity contribution in [2.75, 3.05) is 0 Å². The molecule has 0 radical (unpaired) electrons. The Labute approximate surface area is 75.3 Å². The van der Waals surface area contributed by atoms with Gasteiger partial charge in [-0.05, 0) is 0 Å². The zero-order chi connectivity index (χ0) is 7.28. The SMILES string of the molecule is C=C(CC)OC(=C)CC.[LiH]. The van der Waals surface area contributed by atoms with Gasteiger partial charge in [0.15, 0.2) is 0 Å². The molecule has 0 atom stereocenters. The van der Waals surface area contributed by atoms with E-state index in [1.54, 1.807) is 0 Å². The van der Waals surface area contributed by atoms with E-state index in [-0.39, 0.29) is 18.9 Å². The van der Waals surface area contributed by atoms with Gasteiger partial charge in [0.1, 0.15) is 0 Å².